The van der Waals surface area contributed by atoms with Crippen LogP contribution >= 0.6 is 0 Å². The molecule has 1 atom stereocenters. The van der Waals surface area contributed by atoms with E-state index in [-0.39, 0.29) is 11.7 Å². The summed E-state index contributed by atoms with van der Waals surface area (Å²) >= 11 is 0. The van der Waals surface area contributed by atoms with E-state index in [1.165, 1.54) is 12.1 Å². The topological polar surface area (TPSA) is 78.4 Å². The Morgan fingerprint density at radius 2 is 2.38 bits per heavy atom. The third-order valence-electron chi connectivity index (χ3n) is 2.03. The Bertz CT molecular complexity index is 364. The molecule has 1 aromatic carbocycles. The van der Waals surface area contributed by atoms with Crippen LogP contribution < -0.4 is 10.5 Å². The van der Waals surface area contributed by atoms with E-state index in [1.807, 2.05) is 0 Å². The first-order valence-electron chi connectivity index (χ1n) is 3.85. The average molecular weight is 180 g/mol. The normalized spacial score (nSPS) is 19.3. The van der Waals surface area contributed by atoms with E-state index < -0.39 is 4.92 Å². The van der Waals surface area contributed by atoms with Gasteiger partial charge in [-0.2, -0.15) is 0 Å². The van der Waals surface area contributed by atoms with Crippen LogP contribution in [0.1, 0.15) is 11.6 Å². The molecule has 0 radical (unpaired) electrons. The Hall–Kier alpha value is -1.62. The minimum absolute atomic E-state index is 0.0350. The van der Waals surface area contributed by atoms with Crippen LogP contribution in [0, 0.1) is 10.1 Å². The zero-order valence-electron chi connectivity index (χ0n) is 6.77. The number of fused-ring (bicyclic) bond motifs is 1. The standard InChI is InChI=1S/C8H8N2O3/c9-7-4-13-8-3-5(10(11)12)1-2-6(7)8/h1-3,7H,4,9H2. The molecular weight excluding hydrogens is 172 g/mol. The number of nitrogens with zero attached hydrogens (tertiary/aromatic N) is 1. The molecule has 1 aromatic rings. The van der Waals surface area contributed by atoms with Gasteiger partial charge in [0.15, 0.2) is 0 Å². The van der Waals surface area contributed by atoms with Gasteiger partial charge in [-0.1, -0.05) is 0 Å². The van der Waals surface area contributed by atoms with Gasteiger partial charge in [-0.25, -0.2) is 0 Å². The molecule has 0 bridgehead atoms. The molecule has 5 nitrogen and oxygen atoms in total. The van der Waals surface area contributed by atoms with Crippen molar-refractivity contribution in [2.24, 2.45) is 5.73 Å². The van der Waals surface area contributed by atoms with Crippen LogP contribution in [0.5, 0.6) is 5.75 Å². The lowest BCUT2D eigenvalue weighted by Gasteiger charge is -1.98. The van der Waals surface area contributed by atoms with Crippen LogP contribution in [-0.4, -0.2) is 11.5 Å². The SMILES string of the molecule is NC1COc2cc([N+](=O)[O-])ccc21. The highest BCUT2D eigenvalue weighted by atomic mass is 16.6. The summed E-state index contributed by atoms with van der Waals surface area (Å²) in [7, 11) is 0. The van der Waals surface area contributed by atoms with Crippen LogP contribution in [0.25, 0.3) is 0 Å². The second kappa shape index (κ2) is 2.70. The van der Waals surface area contributed by atoms with Crippen LogP contribution in [0.15, 0.2) is 18.2 Å². The minimum atomic E-state index is -0.451. The molecule has 0 saturated carbocycles. The van der Waals surface area contributed by atoms with Crippen molar-refractivity contribution in [1.29, 1.82) is 0 Å². The fraction of sp³-hybridized carbons (Fsp3) is 0.250. The van der Waals surface area contributed by atoms with Crippen molar-refractivity contribution < 1.29 is 9.66 Å². The third kappa shape index (κ3) is 1.23. The monoisotopic (exact) mass is 180 g/mol. The van der Waals surface area contributed by atoms with Gasteiger partial charge in [0.25, 0.3) is 5.69 Å². The molecule has 1 unspecified atom stereocenters. The van der Waals surface area contributed by atoms with Crippen molar-refractivity contribution in [2.45, 2.75) is 6.04 Å². The number of nitro benzene ring substituents is 1. The Kier molecular flexibility index (Phi) is 1.66. The van der Waals surface area contributed by atoms with Gasteiger partial charge < -0.3 is 10.5 Å². The van der Waals surface area contributed by atoms with E-state index in [0.29, 0.717) is 12.4 Å². The lowest BCUT2D eigenvalue weighted by atomic mass is 10.1. The second-order valence-electron chi connectivity index (χ2n) is 2.90. The summed E-state index contributed by atoms with van der Waals surface area (Å²) in [5.74, 6) is 0.529. The van der Waals surface area contributed by atoms with E-state index >= 15 is 0 Å². The largest absolute Gasteiger partial charge is 0.491 e. The molecule has 5 heteroatoms. The molecular formula is C8H8N2O3. The summed E-state index contributed by atoms with van der Waals surface area (Å²) in [6.07, 6.45) is 0. The number of hydrogen-bond donors (Lipinski definition) is 1. The summed E-state index contributed by atoms with van der Waals surface area (Å²) in [5, 5.41) is 10.4. The van der Waals surface area contributed by atoms with Gasteiger partial charge >= 0.3 is 0 Å². The average Bonchev–Trinajstić information content (AvgIpc) is 2.47. The zero-order valence-corrected chi connectivity index (χ0v) is 6.77. The Labute approximate surface area is 74.3 Å². The predicted molar refractivity (Wildman–Crippen MR) is 45.5 cm³/mol. The first-order valence-corrected chi connectivity index (χ1v) is 3.85. The summed E-state index contributed by atoms with van der Waals surface area (Å²) in [6, 6.07) is 4.33. The Balaban J connectivity index is 2.45. The molecule has 68 valence electrons. The number of nitrogens with two attached hydrogens (primary N) is 1. The predicted octanol–water partition coefficient (Wildman–Crippen LogP) is 0.987. The van der Waals surface area contributed by atoms with Gasteiger partial charge in [-0.3, -0.25) is 10.1 Å². The first-order chi connectivity index (χ1) is 6.18. The molecule has 0 amide bonds. The molecule has 0 saturated heterocycles. The number of nitro groups is 1. The van der Waals surface area contributed by atoms with Crippen LogP contribution in [0.4, 0.5) is 5.69 Å². The smallest absolute Gasteiger partial charge is 0.273 e. The summed E-state index contributed by atoms with van der Waals surface area (Å²) in [5.41, 5.74) is 6.55. The van der Waals surface area contributed by atoms with Gasteiger partial charge in [-0.05, 0) is 6.07 Å². The first kappa shape index (κ1) is 8.00. The maximum atomic E-state index is 10.4. The van der Waals surface area contributed by atoms with Crippen LogP contribution in [-0.2, 0) is 0 Å². The quantitative estimate of drug-likeness (QED) is 0.516. The Morgan fingerprint density at radius 1 is 1.62 bits per heavy atom. The lowest BCUT2D eigenvalue weighted by Crippen LogP contribution is -2.10. The highest BCUT2D eigenvalue weighted by Gasteiger charge is 2.22. The zero-order chi connectivity index (χ0) is 9.42. The van der Waals surface area contributed by atoms with Gasteiger partial charge in [0, 0.05) is 11.6 Å². The molecule has 2 N–H and O–H groups in total. The van der Waals surface area contributed by atoms with Gasteiger partial charge in [0.2, 0.25) is 0 Å². The van der Waals surface area contributed by atoms with Gasteiger partial charge in [-0.15, -0.1) is 0 Å². The number of ether oxygens (including phenoxy) is 1. The molecule has 1 aliphatic heterocycles. The highest BCUT2D eigenvalue weighted by molar-refractivity contribution is 5.47. The molecule has 0 fully saturated rings. The number of rotatable bonds is 1. The maximum absolute atomic E-state index is 10.4. The van der Waals surface area contributed by atoms with E-state index in [2.05, 4.69) is 0 Å². The third-order valence-corrected chi connectivity index (χ3v) is 2.03. The van der Waals surface area contributed by atoms with E-state index in [0.717, 1.165) is 5.56 Å². The second-order valence-corrected chi connectivity index (χ2v) is 2.90. The molecule has 0 aliphatic carbocycles. The van der Waals surface area contributed by atoms with Crippen LogP contribution in [0.2, 0.25) is 0 Å². The molecule has 0 spiro atoms. The van der Waals surface area contributed by atoms with Crippen molar-refractivity contribution in [3.63, 3.8) is 0 Å². The summed E-state index contributed by atoms with van der Waals surface area (Å²) in [4.78, 5) is 9.95. The van der Waals surface area contributed by atoms with Crippen molar-refractivity contribution in [3.05, 3.63) is 33.9 Å². The van der Waals surface area contributed by atoms with Gasteiger partial charge in [0.05, 0.1) is 17.0 Å². The minimum Gasteiger partial charge on any atom is -0.491 e. The number of non-ortho nitro benzene ring substituents is 1. The molecule has 1 heterocycles. The van der Waals surface area contributed by atoms with E-state index in [9.17, 15) is 10.1 Å². The molecule has 1 aliphatic rings. The molecule has 0 aromatic heterocycles. The van der Waals surface area contributed by atoms with E-state index in [4.69, 9.17) is 10.5 Å². The number of hydrogen-bond acceptors (Lipinski definition) is 4. The highest BCUT2D eigenvalue weighted by Crippen LogP contribution is 2.33. The summed E-state index contributed by atoms with van der Waals surface area (Å²) < 4.78 is 5.17. The Morgan fingerprint density at radius 3 is 3.08 bits per heavy atom. The molecule has 13 heavy (non-hydrogen) atoms. The van der Waals surface area contributed by atoms with Crippen LogP contribution in [0.3, 0.4) is 0 Å². The fourth-order valence-corrected chi connectivity index (χ4v) is 1.34. The van der Waals surface area contributed by atoms with Crippen molar-refractivity contribution >= 4 is 5.69 Å². The maximum Gasteiger partial charge on any atom is 0.273 e. The number of benzene rings is 1. The lowest BCUT2D eigenvalue weighted by molar-refractivity contribution is -0.384. The van der Waals surface area contributed by atoms with Gasteiger partial charge in [0.1, 0.15) is 12.4 Å². The van der Waals surface area contributed by atoms with E-state index in [1.54, 1.807) is 6.07 Å². The van der Waals surface area contributed by atoms with Crippen molar-refractivity contribution in [2.75, 3.05) is 6.61 Å². The van der Waals surface area contributed by atoms with Crippen molar-refractivity contribution in [3.8, 4) is 5.75 Å². The van der Waals surface area contributed by atoms with Crippen molar-refractivity contribution in [1.82, 2.24) is 0 Å². The summed E-state index contributed by atoms with van der Waals surface area (Å²) in [6.45, 7) is 0.399. The molecule has 2 rings (SSSR count). The fourth-order valence-electron chi connectivity index (χ4n) is 1.34.